The highest BCUT2D eigenvalue weighted by molar-refractivity contribution is 7.91. The number of nitrogen functional groups attached to an aromatic ring is 1. The van der Waals surface area contributed by atoms with Crippen molar-refractivity contribution in [1.82, 2.24) is 20.2 Å². The average molecular weight is 295 g/mol. The molecule has 0 unspecified atom stereocenters. The standard InChI is InChI=1S/C12H17N5O2S/c1-3-20(18,19)8-7-17-12(14-15-16-17)10-6-4-5-9(2)11(10)13/h4-6H,3,7-8,13H2,1-2H3. The predicted molar refractivity (Wildman–Crippen MR) is 76.7 cm³/mol. The normalized spacial score (nSPS) is 11.7. The summed E-state index contributed by atoms with van der Waals surface area (Å²) in [6.07, 6.45) is 0. The molecule has 108 valence electrons. The first-order valence-corrected chi connectivity index (χ1v) is 8.09. The molecule has 0 atom stereocenters. The molecule has 1 aromatic heterocycles. The first kappa shape index (κ1) is 14.4. The fraction of sp³-hybridized carbons (Fsp3) is 0.417. The van der Waals surface area contributed by atoms with Crippen molar-refractivity contribution in [2.45, 2.75) is 20.4 Å². The smallest absolute Gasteiger partial charge is 0.184 e. The molecule has 0 saturated carbocycles. The van der Waals surface area contributed by atoms with E-state index in [9.17, 15) is 8.42 Å². The molecule has 1 heterocycles. The molecule has 0 aliphatic carbocycles. The van der Waals surface area contributed by atoms with Crippen molar-refractivity contribution in [2.24, 2.45) is 0 Å². The van der Waals surface area contributed by atoms with Gasteiger partial charge in [-0.1, -0.05) is 19.1 Å². The van der Waals surface area contributed by atoms with Crippen LogP contribution in [0.3, 0.4) is 0 Å². The minimum Gasteiger partial charge on any atom is -0.398 e. The van der Waals surface area contributed by atoms with E-state index in [1.165, 1.54) is 4.68 Å². The molecular weight excluding hydrogens is 278 g/mol. The summed E-state index contributed by atoms with van der Waals surface area (Å²) in [5, 5.41) is 11.4. The second-order valence-corrected chi connectivity index (χ2v) is 6.97. The fourth-order valence-electron chi connectivity index (χ4n) is 1.79. The lowest BCUT2D eigenvalue weighted by Gasteiger charge is -2.08. The molecule has 2 rings (SSSR count). The van der Waals surface area contributed by atoms with E-state index < -0.39 is 9.84 Å². The number of anilines is 1. The lowest BCUT2D eigenvalue weighted by atomic mass is 10.1. The van der Waals surface area contributed by atoms with Crippen molar-refractivity contribution in [3.63, 3.8) is 0 Å². The summed E-state index contributed by atoms with van der Waals surface area (Å²) in [6.45, 7) is 3.73. The number of aryl methyl sites for hydroxylation is 2. The molecule has 2 N–H and O–H groups in total. The highest BCUT2D eigenvalue weighted by atomic mass is 32.2. The molecule has 2 aromatic rings. The third kappa shape index (κ3) is 2.96. The number of para-hydroxylation sites is 1. The molecule has 0 aliphatic heterocycles. The van der Waals surface area contributed by atoms with Crippen LogP contribution in [0.4, 0.5) is 5.69 Å². The van der Waals surface area contributed by atoms with Crippen LogP contribution in [0.25, 0.3) is 11.4 Å². The first-order valence-electron chi connectivity index (χ1n) is 6.26. The molecule has 0 spiro atoms. The van der Waals surface area contributed by atoms with E-state index in [-0.39, 0.29) is 18.1 Å². The molecule has 0 fully saturated rings. The second-order valence-electron chi connectivity index (χ2n) is 4.50. The molecule has 8 heteroatoms. The Balaban J connectivity index is 2.32. The number of benzene rings is 1. The SMILES string of the molecule is CCS(=O)(=O)CCn1nnnc1-c1cccc(C)c1N. The quantitative estimate of drug-likeness (QED) is 0.813. The van der Waals surface area contributed by atoms with Gasteiger partial charge in [0, 0.05) is 17.0 Å². The Morgan fingerprint density at radius 3 is 2.80 bits per heavy atom. The molecule has 0 saturated heterocycles. The fourth-order valence-corrected chi connectivity index (χ4v) is 2.53. The highest BCUT2D eigenvalue weighted by Gasteiger charge is 2.15. The van der Waals surface area contributed by atoms with Gasteiger partial charge in [0.15, 0.2) is 15.7 Å². The molecular formula is C12H17N5O2S. The van der Waals surface area contributed by atoms with Gasteiger partial charge in [-0.3, -0.25) is 0 Å². The summed E-state index contributed by atoms with van der Waals surface area (Å²) in [5.41, 5.74) is 8.26. The molecule has 20 heavy (non-hydrogen) atoms. The van der Waals surface area contributed by atoms with Crippen LogP contribution in [0.5, 0.6) is 0 Å². The third-order valence-electron chi connectivity index (χ3n) is 3.15. The number of nitrogens with zero attached hydrogens (tertiary/aromatic N) is 4. The number of hydrogen-bond donors (Lipinski definition) is 1. The molecule has 0 radical (unpaired) electrons. The van der Waals surface area contributed by atoms with Gasteiger partial charge in [0.1, 0.15) is 0 Å². The summed E-state index contributed by atoms with van der Waals surface area (Å²) in [6, 6.07) is 5.58. The minimum absolute atomic E-state index is 0.00720. The number of sulfone groups is 1. The molecule has 1 aromatic carbocycles. The Bertz CT molecular complexity index is 708. The van der Waals surface area contributed by atoms with Gasteiger partial charge in [0.2, 0.25) is 0 Å². The van der Waals surface area contributed by atoms with Gasteiger partial charge in [-0.05, 0) is 29.0 Å². The molecule has 0 bridgehead atoms. The van der Waals surface area contributed by atoms with Crippen molar-refractivity contribution in [3.8, 4) is 11.4 Å². The second kappa shape index (κ2) is 5.58. The van der Waals surface area contributed by atoms with Gasteiger partial charge in [0.05, 0.1) is 12.3 Å². The zero-order chi connectivity index (χ0) is 14.8. The third-order valence-corrected chi connectivity index (χ3v) is 4.84. The number of nitrogens with two attached hydrogens (primary N) is 1. The first-order chi connectivity index (χ1) is 9.44. The van der Waals surface area contributed by atoms with Crippen molar-refractivity contribution >= 4 is 15.5 Å². The minimum atomic E-state index is -3.06. The average Bonchev–Trinajstić information content (AvgIpc) is 2.88. The monoisotopic (exact) mass is 295 g/mol. The van der Waals surface area contributed by atoms with E-state index in [4.69, 9.17) is 5.73 Å². The van der Waals surface area contributed by atoms with Crippen LogP contribution in [-0.4, -0.2) is 40.1 Å². The summed E-state index contributed by atoms with van der Waals surface area (Å²) in [4.78, 5) is 0. The Morgan fingerprint density at radius 1 is 1.35 bits per heavy atom. The highest BCUT2D eigenvalue weighted by Crippen LogP contribution is 2.25. The summed E-state index contributed by atoms with van der Waals surface area (Å²) in [5.74, 6) is 0.599. The number of hydrogen-bond acceptors (Lipinski definition) is 6. The largest absolute Gasteiger partial charge is 0.398 e. The van der Waals surface area contributed by atoms with E-state index >= 15 is 0 Å². The maximum absolute atomic E-state index is 11.6. The Morgan fingerprint density at radius 2 is 2.10 bits per heavy atom. The topological polar surface area (TPSA) is 104 Å². The lowest BCUT2D eigenvalue weighted by molar-refractivity contribution is 0.577. The van der Waals surface area contributed by atoms with Gasteiger partial charge in [-0.25, -0.2) is 13.1 Å². The van der Waals surface area contributed by atoms with E-state index in [0.717, 1.165) is 5.56 Å². The molecule has 0 aliphatic rings. The van der Waals surface area contributed by atoms with Crippen molar-refractivity contribution in [1.29, 1.82) is 0 Å². The van der Waals surface area contributed by atoms with Crippen LogP contribution >= 0.6 is 0 Å². The van der Waals surface area contributed by atoms with Gasteiger partial charge in [0.25, 0.3) is 0 Å². The molecule has 0 amide bonds. The summed E-state index contributed by atoms with van der Waals surface area (Å²) in [7, 11) is -3.06. The van der Waals surface area contributed by atoms with E-state index in [0.29, 0.717) is 17.1 Å². The maximum atomic E-state index is 11.6. The number of tetrazole rings is 1. The van der Waals surface area contributed by atoms with Crippen molar-refractivity contribution < 1.29 is 8.42 Å². The van der Waals surface area contributed by atoms with Crippen molar-refractivity contribution in [3.05, 3.63) is 23.8 Å². The Kier molecular flexibility index (Phi) is 4.03. The summed E-state index contributed by atoms with van der Waals surface area (Å²) >= 11 is 0. The van der Waals surface area contributed by atoms with Crippen LogP contribution in [0.15, 0.2) is 18.2 Å². The predicted octanol–water partition coefficient (Wildman–Crippen LogP) is 0.665. The lowest BCUT2D eigenvalue weighted by Crippen LogP contribution is -2.16. The van der Waals surface area contributed by atoms with Crippen LogP contribution in [-0.2, 0) is 16.4 Å². The van der Waals surface area contributed by atoms with E-state index in [1.54, 1.807) is 6.92 Å². The van der Waals surface area contributed by atoms with Crippen LogP contribution in [0.2, 0.25) is 0 Å². The number of aromatic nitrogens is 4. The van der Waals surface area contributed by atoms with Gasteiger partial charge < -0.3 is 5.73 Å². The van der Waals surface area contributed by atoms with Crippen LogP contribution in [0, 0.1) is 6.92 Å². The van der Waals surface area contributed by atoms with Gasteiger partial charge in [-0.15, -0.1) is 5.10 Å². The van der Waals surface area contributed by atoms with E-state index in [1.807, 2.05) is 25.1 Å². The van der Waals surface area contributed by atoms with Crippen LogP contribution in [0.1, 0.15) is 12.5 Å². The maximum Gasteiger partial charge on any atom is 0.184 e. The Labute approximate surface area is 117 Å². The van der Waals surface area contributed by atoms with E-state index in [2.05, 4.69) is 15.5 Å². The zero-order valence-electron chi connectivity index (χ0n) is 11.4. The Hall–Kier alpha value is -1.96. The van der Waals surface area contributed by atoms with Crippen LogP contribution < -0.4 is 5.73 Å². The van der Waals surface area contributed by atoms with Gasteiger partial charge in [-0.2, -0.15) is 0 Å². The summed E-state index contributed by atoms with van der Waals surface area (Å²) < 4.78 is 24.6. The zero-order valence-corrected chi connectivity index (χ0v) is 12.3. The number of rotatable bonds is 5. The molecule has 7 nitrogen and oxygen atoms in total. The van der Waals surface area contributed by atoms with Crippen molar-refractivity contribution in [2.75, 3.05) is 17.2 Å². The van der Waals surface area contributed by atoms with Gasteiger partial charge >= 0.3 is 0 Å².